The fourth-order valence-electron chi connectivity index (χ4n) is 1.14. The number of hydrogen-bond donors (Lipinski definition) is 2. The molecule has 0 amide bonds. The summed E-state index contributed by atoms with van der Waals surface area (Å²) in [5, 5.41) is 3.29. The summed E-state index contributed by atoms with van der Waals surface area (Å²) in [4.78, 5) is 4.02. The third-order valence-electron chi connectivity index (χ3n) is 1.79. The number of nitrogens with zero attached hydrogens (tertiary/aromatic N) is 1. The van der Waals surface area contributed by atoms with Crippen LogP contribution < -0.4 is 11.1 Å². The van der Waals surface area contributed by atoms with E-state index < -0.39 is 0 Å². The van der Waals surface area contributed by atoms with E-state index in [4.69, 9.17) is 5.73 Å². The summed E-state index contributed by atoms with van der Waals surface area (Å²) >= 11 is 0. The number of nitrogen functional groups attached to an aromatic ring is 1. The smallest absolute Gasteiger partial charge is 0.0503 e. The average molecular weight is 165 g/mol. The van der Waals surface area contributed by atoms with E-state index in [1.54, 1.807) is 6.20 Å². The molecule has 1 atom stereocenters. The molecule has 0 aliphatic heterocycles. The van der Waals surface area contributed by atoms with Gasteiger partial charge in [-0.1, -0.05) is 6.92 Å². The predicted octanol–water partition coefficient (Wildman–Crippen LogP) is 1.33. The van der Waals surface area contributed by atoms with Crippen molar-refractivity contribution in [3.05, 3.63) is 24.0 Å². The minimum atomic E-state index is 0.325. The fraction of sp³-hybridized carbons (Fsp3) is 0.444. The van der Waals surface area contributed by atoms with Crippen molar-refractivity contribution < 1.29 is 0 Å². The third-order valence-corrected chi connectivity index (χ3v) is 1.79. The van der Waals surface area contributed by atoms with Gasteiger partial charge in [-0.3, -0.25) is 4.98 Å². The molecule has 0 aliphatic rings. The molecule has 0 unspecified atom stereocenters. The number of nitrogens with one attached hydrogen (secondary N) is 1. The Morgan fingerprint density at radius 1 is 1.58 bits per heavy atom. The minimum Gasteiger partial charge on any atom is -0.397 e. The van der Waals surface area contributed by atoms with E-state index in [1.165, 1.54) is 0 Å². The molecular weight excluding hydrogens is 150 g/mol. The molecule has 12 heavy (non-hydrogen) atoms. The molecule has 3 N–H and O–H groups in total. The molecular formula is C9H15N3. The van der Waals surface area contributed by atoms with Crippen LogP contribution in [-0.2, 0) is 0 Å². The van der Waals surface area contributed by atoms with Gasteiger partial charge in [0.25, 0.3) is 0 Å². The van der Waals surface area contributed by atoms with Gasteiger partial charge in [-0.05, 0) is 25.1 Å². The van der Waals surface area contributed by atoms with Gasteiger partial charge in [0.2, 0.25) is 0 Å². The Labute approximate surface area is 73.0 Å². The topological polar surface area (TPSA) is 50.9 Å². The monoisotopic (exact) mass is 165 g/mol. The summed E-state index contributed by atoms with van der Waals surface area (Å²) in [6, 6.07) is 2.27. The van der Waals surface area contributed by atoms with Gasteiger partial charge in [-0.25, -0.2) is 0 Å². The summed E-state index contributed by atoms with van der Waals surface area (Å²) in [5.41, 5.74) is 7.46. The first kappa shape index (κ1) is 9.00. The lowest BCUT2D eigenvalue weighted by Gasteiger charge is -2.11. The van der Waals surface area contributed by atoms with Crippen molar-refractivity contribution >= 4 is 5.69 Å². The van der Waals surface area contributed by atoms with Crippen molar-refractivity contribution in [2.75, 3.05) is 12.3 Å². The zero-order chi connectivity index (χ0) is 8.97. The van der Waals surface area contributed by atoms with E-state index in [9.17, 15) is 0 Å². The van der Waals surface area contributed by atoms with Gasteiger partial charge < -0.3 is 11.1 Å². The molecule has 0 saturated heterocycles. The molecule has 1 aromatic heterocycles. The Morgan fingerprint density at radius 3 is 2.92 bits per heavy atom. The molecule has 1 aromatic rings. The lowest BCUT2D eigenvalue weighted by molar-refractivity contribution is 0.596. The number of aromatic nitrogens is 1. The van der Waals surface area contributed by atoms with Gasteiger partial charge in [-0.15, -0.1) is 0 Å². The van der Waals surface area contributed by atoms with Crippen LogP contribution in [0.1, 0.15) is 25.5 Å². The van der Waals surface area contributed by atoms with Crippen molar-refractivity contribution in [1.29, 1.82) is 0 Å². The van der Waals surface area contributed by atoms with Crippen LogP contribution in [0.4, 0.5) is 5.69 Å². The van der Waals surface area contributed by atoms with Gasteiger partial charge in [0.15, 0.2) is 0 Å². The van der Waals surface area contributed by atoms with Crippen molar-refractivity contribution in [1.82, 2.24) is 10.3 Å². The molecule has 0 radical (unpaired) electrons. The summed E-state index contributed by atoms with van der Waals surface area (Å²) in [5.74, 6) is 0. The average Bonchev–Trinajstić information content (AvgIpc) is 2.05. The molecule has 0 aromatic carbocycles. The molecule has 0 bridgehead atoms. The first-order valence-corrected chi connectivity index (χ1v) is 4.18. The zero-order valence-electron chi connectivity index (χ0n) is 7.54. The molecule has 66 valence electrons. The summed E-state index contributed by atoms with van der Waals surface area (Å²) in [7, 11) is 0. The van der Waals surface area contributed by atoms with Gasteiger partial charge in [0.05, 0.1) is 5.69 Å². The number of rotatable bonds is 3. The maximum Gasteiger partial charge on any atom is 0.0503 e. The number of nitrogens with two attached hydrogens (primary N) is 1. The third kappa shape index (κ3) is 2.20. The van der Waals surface area contributed by atoms with E-state index in [0.717, 1.165) is 17.8 Å². The van der Waals surface area contributed by atoms with Crippen LogP contribution in [0.3, 0.4) is 0 Å². The Bertz CT molecular complexity index is 247. The second-order valence-corrected chi connectivity index (χ2v) is 2.83. The molecule has 0 saturated carbocycles. The summed E-state index contributed by atoms with van der Waals surface area (Å²) < 4.78 is 0. The van der Waals surface area contributed by atoms with Crippen LogP contribution in [0.25, 0.3) is 0 Å². The molecule has 0 aliphatic carbocycles. The minimum absolute atomic E-state index is 0.325. The van der Waals surface area contributed by atoms with E-state index in [-0.39, 0.29) is 0 Å². The maximum absolute atomic E-state index is 5.60. The highest BCUT2D eigenvalue weighted by atomic mass is 14.9. The highest BCUT2D eigenvalue weighted by molar-refractivity contribution is 5.37. The first-order chi connectivity index (χ1) is 5.74. The summed E-state index contributed by atoms with van der Waals surface area (Å²) in [6.07, 6.45) is 3.49. The second-order valence-electron chi connectivity index (χ2n) is 2.83. The quantitative estimate of drug-likeness (QED) is 0.710. The highest BCUT2D eigenvalue weighted by Gasteiger charge is 2.02. The largest absolute Gasteiger partial charge is 0.397 e. The van der Waals surface area contributed by atoms with Crippen LogP contribution >= 0.6 is 0 Å². The van der Waals surface area contributed by atoms with Crippen LogP contribution in [0.5, 0.6) is 0 Å². The number of hydrogen-bond acceptors (Lipinski definition) is 3. The summed E-state index contributed by atoms with van der Waals surface area (Å²) in [6.45, 7) is 5.13. The van der Waals surface area contributed by atoms with Crippen LogP contribution in [0.15, 0.2) is 18.5 Å². The molecule has 3 nitrogen and oxygen atoms in total. The Balaban J connectivity index is 2.73. The van der Waals surface area contributed by atoms with Gasteiger partial charge in [-0.2, -0.15) is 0 Å². The number of anilines is 1. The second kappa shape index (κ2) is 4.07. The SMILES string of the molecule is CCN[C@H](C)c1cncc(N)c1. The predicted molar refractivity (Wildman–Crippen MR) is 50.7 cm³/mol. The van der Waals surface area contributed by atoms with Gasteiger partial charge >= 0.3 is 0 Å². The fourth-order valence-corrected chi connectivity index (χ4v) is 1.14. The molecule has 1 rings (SSSR count). The van der Waals surface area contributed by atoms with E-state index >= 15 is 0 Å². The van der Waals surface area contributed by atoms with E-state index in [0.29, 0.717) is 6.04 Å². The van der Waals surface area contributed by atoms with Gasteiger partial charge in [0, 0.05) is 18.4 Å². The molecule has 3 heteroatoms. The highest BCUT2D eigenvalue weighted by Crippen LogP contribution is 2.12. The molecule has 1 heterocycles. The van der Waals surface area contributed by atoms with Crippen LogP contribution in [-0.4, -0.2) is 11.5 Å². The van der Waals surface area contributed by atoms with Crippen molar-refractivity contribution in [3.8, 4) is 0 Å². The normalized spacial score (nSPS) is 12.8. The van der Waals surface area contributed by atoms with E-state index in [1.807, 2.05) is 12.3 Å². The van der Waals surface area contributed by atoms with Gasteiger partial charge in [0.1, 0.15) is 0 Å². The lowest BCUT2D eigenvalue weighted by Crippen LogP contribution is -2.17. The molecule has 0 spiro atoms. The van der Waals surface area contributed by atoms with E-state index in [2.05, 4.69) is 24.1 Å². The standard InChI is InChI=1S/C9H15N3/c1-3-12-7(2)8-4-9(10)6-11-5-8/h4-7,12H,3,10H2,1-2H3/t7-/m1/s1. The van der Waals surface area contributed by atoms with Crippen LogP contribution in [0.2, 0.25) is 0 Å². The first-order valence-electron chi connectivity index (χ1n) is 4.18. The van der Waals surface area contributed by atoms with Crippen molar-refractivity contribution in [2.24, 2.45) is 0 Å². The van der Waals surface area contributed by atoms with Crippen molar-refractivity contribution in [2.45, 2.75) is 19.9 Å². The Morgan fingerprint density at radius 2 is 2.33 bits per heavy atom. The molecule has 0 fully saturated rings. The Hall–Kier alpha value is -1.09. The lowest BCUT2D eigenvalue weighted by atomic mass is 10.1. The maximum atomic E-state index is 5.60. The Kier molecular flexibility index (Phi) is 3.05. The van der Waals surface area contributed by atoms with Crippen molar-refractivity contribution in [3.63, 3.8) is 0 Å². The zero-order valence-corrected chi connectivity index (χ0v) is 7.54. The number of pyridine rings is 1. The van der Waals surface area contributed by atoms with Crippen LogP contribution in [0, 0.1) is 0 Å².